The van der Waals surface area contributed by atoms with Gasteiger partial charge >= 0.3 is 0 Å². The molecule has 0 N–H and O–H groups in total. The van der Waals surface area contributed by atoms with Gasteiger partial charge in [0.05, 0.1) is 6.26 Å². The molecule has 7 heteroatoms. The second kappa shape index (κ2) is 9.48. The van der Waals surface area contributed by atoms with Crippen LogP contribution in [0.4, 0.5) is 0 Å². The predicted molar refractivity (Wildman–Crippen MR) is 104 cm³/mol. The zero-order valence-corrected chi connectivity index (χ0v) is 16.9. The molecule has 0 saturated carbocycles. The number of nitrogens with zero attached hydrogens (tertiary/aromatic N) is 3. The van der Waals surface area contributed by atoms with Crippen LogP contribution in [0.15, 0.2) is 30.3 Å². The molecule has 0 aromatic heterocycles. The van der Waals surface area contributed by atoms with Gasteiger partial charge in [-0.1, -0.05) is 30.3 Å². The highest BCUT2D eigenvalue weighted by Crippen LogP contribution is 2.20. The summed E-state index contributed by atoms with van der Waals surface area (Å²) in [6.45, 7) is 4.08. The van der Waals surface area contributed by atoms with Crippen LogP contribution in [0, 0.1) is 5.92 Å². The van der Waals surface area contributed by atoms with Gasteiger partial charge in [-0.3, -0.25) is 9.69 Å². The molecule has 0 spiro atoms. The molecule has 0 radical (unpaired) electrons. The minimum atomic E-state index is -3.23. The summed E-state index contributed by atoms with van der Waals surface area (Å²) >= 11 is 0. The van der Waals surface area contributed by atoms with Gasteiger partial charge in [0.2, 0.25) is 15.9 Å². The Hall–Kier alpha value is -1.44. The first kappa shape index (κ1) is 20.9. The van der Waals surface area contributed by atoms with E-state index in [0.717, 1.165) is 45.3 Å². The molecule has 1 aliphatic heterocycles. The van der Waals surface area contributed by atoms with Crippen LogP contribution in [-0.4, -0.2) is 75.0 Å². The molecule has 0 unspecified atom stereocenters. The van der Waals surface area contributed by atoms with Crippen molar-refractivity contribution in [3.63, 3.8) is 0 Å². The number of carbonyl (C=O) groups is 1. The van der Waals surface area contributed by atoms with E-state index in [-0.39, 0.29) is 18.9 Å². The Labute approximate surface area is 157 Å². The molecule has 146 valence electrons. The first-order valence-corrected chi connectivity index (χ1v) is 11.0. The van der Waals surface area contributed by atoms with Crippen LogP contribution in [0.3, 0.4) is 0 Å². The van der Waals surface area contributed by atoms with Crippen LogP contribution in [-0.2, 0) is 21.4 Å². The molecule has 0 bridgehead atoms. The molecule has 2 rings (SSSR count). The third kappa shape index (κ3) is 6.70. The minimum absolute atomic E-state index is 0.00668. The van der Waals surface area contributed by atoms with Crippen LogP contribution in [0.1, 0.15) is 24.8 Å². The maximum Gasteiger partial charge on any atom is 0.223 e. The molecule has 0 aliphatic carbocycles. The number of carbonyl (C=O) groups excluding carboxylic acids is 1. The zero-order valence-electron chi connectivity index (χ0n) is 16.1. The van der Waals surface area contributed by atoms with E-state index in [1.165, 1.54) is 16.9 Å². The van der Waals surface area contributed by atoms with E-state index in [4.69, 9.17) is 0 Å². The van der Waals surface area contributed by atoms with Crippen LogP contribution in [0.5, 0.6) is 0 Å². The smallest absolute Gasteiger partial charge is 0.223 e. The molecule has 1 aromatic rings. The van der Waals surface area contributed by atoms with Crippen LogP contribution < -0.4 is 0 Å². The Morgan fingerprint density at radius 1 is 1.15 bits per heavy atom. The number of sulfonamides is 1. The van der Waals surface area contributed by atoms with Crippen molar-refractivity contribution in [1.29, 1.82) is 0 Å². The van der Waals surface area contributed by atoms with Gasteiger partial charge in [0.25, 0.3) is 0 Å². The van der Waals surface area contributed by atoms with Crippen LogP contribution in [0.25, 0.3) is 0 Å². The Morgan fingerprint density at radius 3 is 2.35 bits per heavy atom. The summed E-state index contributed by atoms with van der Waals surface area (Å²) in [5.41, 5.74) is 1.34. The number of likely N-dealkylation sites (tertiary alicyclic amines) is 1. The van der Waals surface area contributed by atoms with E-state index in [9.17, 15) is 13.2 Å². The van der Waals surface area contributed by atoms with Gasteiger partial charge in [0.1, 0.15) is 0 Å². The number of hydrogen-bond donors (Lipinski definition) is 0. The fourth-order valence-corrected chi connectivity index (χ4v) is 3.69. The first-order valence-electron chi connectivity index (χ1n) is 9.17. The van der Waals surface area contributed by atoms with Crippen molar-refractivity contribution in [3.8, 4) is 0 Å². The van der Waals surface area contributed by atoms with Gasteiger partial charge in [-0.05, 0) is 37.4 Å². The predicted octanol–water partition coefficient (Wildman–Crippen LogP) is 1.64. The van der Waals surface area contributed by atoms with Gasteiger partial charge in [0.15, 0.2) is 0 Å². The molecule has 1 saturated heterocycles. The lowest BCUT2D eigenvalue weighted by Crippen LogP contribution is -2.40. The van der Waals surface area contributed by atoms with Crippen LogP contribution in [0.2, 0.25) is 0 Å². The number of piperidine rings is 1. The third-order valence-corrected chi connectivity index (χ3v) is 6.44. The normalized spacial score (nSPS) is 16.8. The Kier molecular flexibility index (Phi) is 7.61. The molecule has 6 nitrogen and oxygen atoms in total. The van der Waals surface area contributed by atoms with Crippen molar-refractivity contribution in [2.45, 2.75) is 25.8 Å². The second-order valence-corrected chi connectivity index (χ2v) is 9.40. The van der Waals surface area contributed by atoms with Gasteiger partial charge in [-0.2, -0.15) is 0 Å². The minimum Gasteiger partial charge on any atom is -0.345 e. The maximum absolute atomic E-state index is 12.2. The molecular formula is C19H31N3O3S. The monoisotopic (exact) mass is 381 g/mol. The Balaban J connectivity index is 1.70. The fourth-order valence-electron chi connectivity index (χ4n) is 3.27. The van der Waals surface area contributed by atoms with E-state index in [1.54, 1.807) is 4.90 Å². The molecule has 1 fully saturated rings. The average Bonchev–Trinajstić information content (AvgIpc) is 2.61. The summed E-state index contributed by atoms with van der Waals surface area (Å²) in [4.78, 5) is 16.5. The van der Waals surface area contributed by atoms with E-state index >= 15 is 0 Å². The van der Waals surface area contributed by atoms with Crippen molar-refractivity contribution in [1.82, 2.24) is 14.1 Å². The van der Waals surface area contributed by atoms with Crippen molar-refractivity contribution in [2.24, 2.45) is 5.92 Å². The molecule has 0 atom stereocenters. The van der Waals surface area contributed by atoms with Crippen molar-refractivity contribution in [2.75, 3.05) is 46.5 Å². The zero-order chi connectivity index (χ0) is 19.2. The molecule has 1 amide bonds. The highest BCUT2D eigenvalue weighted by atomic mass is 32.2. The number of hydrogen-bond acceptors (Lipinski definition) is 4. The first-order chi connectivity index (χ1) is 12.3. The van der Waals surface area contributed by atoms with Crippen molar-refractivity contribution < 1.29 is 13.2 Å². The quantitative estimate of drug-likeness (QED) is 0.687. The highest BCUT2D eigenvalue weighted by Gasteiger charge is 2.22. The van der Waals surface area contributed by atoms with Gasteiger partial charge in [-0.25, -0.2) is 12.7 Å². The third-order valence-electron chi connectivity index (χ3n) is 5.12. The van der Waals surface area contributed by atoms with Crippen LogP contribution >= 0.6 is 0 Å². The number of rotatable bonds is 8. The van der Waals surface area contributed by atoms with Crippen molar-refractivity contribution in [3.05, 3.63) is 35.9 Å². The molecule has 26 heavy (non-hydrogen) atoms. The second-order valence-electron chi connectivity index (χ2n) is 7.31. The summed E-state index contributed by atoms with van der Waals surface area (Å²) in [7, 11) is 0.0973. The van der Waals surface area contributed by atoms with E-state index < -0.39 is 10.0 Å². The highest BCUT2D eigenvalue weighted by molar-refractivity contribution is 7.88. The molecule has 1 heterocycles. The Bertz CT molecular complexity index is 671. The SMILES string of the molecule is CN(CC1CCN(Cc2ccccc2)CC1)C(=O)CCN(C)S(C)(=O)=O. The fraction of sp³-hybridized carbons (Fsp3) is 0.632. The Morgan fingerprint density at radius 2 is 1.77 bits per heavy atom. The van der Waals surface area contributed by atoms with E-state index in [0.29, 0.717) is 5.92 Å². The molecule has 1 aromatic carbocycles. The van der Waals surface area contributed by atoms with Gasteiger partial charge < -0.3 is 4.90 Å². The summed E-state index contributed by atoms with van der Waals surface area (Å²) in [6.07, 6.45) is 3.57. The summed E-state index contributed by atoms with van der Waals surface area (Å²) in [6, 6.07) is 10.5. The number of benzene rings is 1. The van der Waals surface area contributed by atoms with Gasteiger partial charge in [0, 0.05) is 40.2 Å². The van der Waals surface area contributed by atoms with Gasteiger partial charge in [-0.15, -0.1) is 0 Å². The lowest BCUT2D eigenvalue weighted by atomic mass is 9.96. The number of amides is 1. The van der Waals surface area contributed by atoms with Crippen molar-refractivity contribution >= 4 is 15.9 Å². The maximum atomic E-state index is 12.2. The average molecular weight is 382 g/mol. The largest absolute Gasteiger partial charge is 0.345 e. The molecular weight excluding hydrogens is 350 g/mol. The summed E-state index contributed by atoms with van der Waals surface area (Å²) in [5, 5.41) is 0. The van der Waals surface area contributed by atoms with E-state index in [2.05, 4.69) is 29.2 Å². The standard InChI is InChI=1S/C19H31N3O3S/c1-20(19(23)11-12-21(2)26(3,24)25)15-18-9-13-22(14-10-18)16-17-7-5-4-6-8-17/h4-8,18H,9-16H2,1-3H3. The molecule has 1 aliphatic rings. The summed E-state index contributed by atoms with van der Waals surface area (Å²) < 4.78 is 24.0. The lowest BCUT2D eigenvalue weighted by molar-refractivity contribution is -0.130. The topological polar surface area (TPSA) is 60.9 Å². The lowest BCUT2D eigenvalue weighted by Gasteiger charge is -2.34. The van der Waals surface area contributed by atoms with E-state index in [1.807, 2.05) is 13.1 Å². The summed E-state index contributed by atoms with van der Waals surface area (Å²) in [5.74, 6) is 0.524.